The van der Waals surface area contributed by atoms with E-state index in [1.807, 2.05) is 0 Å². The lowest BCUT2D eigenvalue weighted by atomic mass is 10.2. The van der Waals surface area contributed by atoms with Crippen LogP contribution in [0.15, 0.2) is 47.4 Å². The number of hydrogen-bond acceptors (Lipinski definition) is 7. The molecule has 4 rings (SSSR count). The van der Waals surface area contributed by atoms with E-state index in [0.29, 0.717) is 49.2 Å². The maximum Gasteiger partial charge on any atom is 0.324 e. The number of nitrogens with one attached hydrogen (secondary N) is 3. The number of sulfonamides is 1. The molecule has 2 aromatic rings. The Kier molecular flexibility index (Phi) is 6.08. The van der Waals surface area contributed by atoms with Crippen LogP contribution in [0.25, 0.3) is 0 Å². The molecule has 1 fully saturated rings. The number of anilines is 2. The summed E-state index contributed by atoms with van der Waals surface area (Å²) in [5, 5.41) is 5.61. The summed E-state index contributed by atoms with van der Waals surface area (Å²) < 4.78 is 39.2. The first-order valence-corrected chi connectivity index (χ1v) is 11.7. The second-order valence-corrected chi connectivity index (χ2v) is 9.11. The van der Waals surface area contributed by atoms with Crippen LogP contribution in [-0.4, -0.2) is 57.6 Å². The smallest absolute Gasteiger partial charge is 0.324 e. The molecule has 0 aromatic heterocycles. The largest absolute Gasteiger partial charge is 0.490 e. The van der Waals surface area contributed by atoms with Crippen LogP contribution in [0, 0.1) is 0 Å². The van der Waals surface area contributed by atoms with E-state index in [1.165, 1.54) is 12.1 Å². The molecule has 1 unspecified atom stereocenters. The van der Waals surface area contributed by atoms with Gasteiger partial charge in [0.1, 0.15) is 6.04 Å². The van der Waals surface area contributed by atoms with E-state index in [2.05, 4.69) is 15.4 Å². The summed E-state index contributed by atoms with van der Waals surface area (Å²) in [6.07, 6.45) is 0.727. The van der Waals surface area contributed by atoms with Gasteiger partial charge in [-0.2, -0.15) is 0 Å². The van der Waals surface area contributed by atoms with E-state index in [-0.39, 0.29) is 10.8 Å². The predicted molar refractivity (Wildman–Crippen MR) is 117 cm³/mol. The Labute approximate surface area is 185 Å². The molecule has 3 N–H and O–H groups in total. The third-order valence-corrected chi connectivity index (χ3v) is 6.42. The molecule has 32 heavy (non-hydrogen) atoms. The third kappa shape index (κ3) is 4.72. The van der Waals surface area contributed by atoms with Crippen LogP contribution < -0.4 is 24.8 Å². The Bertz CT molecular complexity index is 1120. The highest BCUT2D eigenvalue weighted by Crippen LogP contribution is 2.32. The molecule has 2 heterocycles. The summed E-state index contributed by atoms with van der Waals surface area (Å²) in [6, 6.07) is 9.95. The zero-order chi connectivity index (χ0) is 22.7. The molecule has 0 radical (unpaired) electrons. The van der Waals surface area contributed by atoms with E-state index in [4.69, 9.17) is 9.47 Å². The topological polar surface area (TPSA) is 126 Å². The molecule has 1 atom stereocenters. The predicted octanol–water partition coefficient (Wildman–Crippen LogP) is 2.00. The van der Waals surface area contributed by atoms with Gasteiger partial charge in [-0.1, -0.05) is 0 Å². The van der Waals surface area contributed by atoms with Crippen LogP contribution >= 0.6 is 0 Å². The van der Waals surface area contributed by atoms with Crippen molar-refractivity contribution >= 4 is 33.3 Å². The summed E-state index contributed by atoms with van der Waals surface area (Å²) in [5.74, 6) is 0.585. The summed E-state index contributed by atoms with van der Waals surface area (Å²) >= 11 is 0. The molecule has 2 aliphatic heterocycles. The Balaban J connectivity index is 1.41. The Morgan fingerprint density at radius 3 is 2.44 bits per heavy atom. The molecule has 170 valence electrons. The molecule has 2 aromatic carbocycles. The first-order chi connectivity index (χ1) is 15.3. The maximum atomic E-state index is 12.8. The van der Waals surface area contributed by atoms with Crippen LogP contribution in [0.1, 0.15) is 13.3 Å². The Morgan fingerprint density at radius 2 is 1.75 bits per heavy atom. The molecule has 0 bridgehead atoms. The number of fused-ring (bicyclic) bond motifs is 1. The lowest BCUT2D eigenvalue weighted by molar-refractivity contribution is -0.128. The monoisotopic (exact) mass is 460 g/mol. The zero-order valence-electron chi connectivity index (χ0n) is 17.5. The quantitative estimate of drug-likeness (QED) is 0.602. The number of carbonyl (C=O) groups is 2. The van der Waals surface area contributed by atoms with Crippen molar-refractivity contribution in [3.8, 4) is 11.5 Å². The molecular weight excluding hydrogens is 436 g/mol. The SMILES string of the molecule is CC(Nc1ccc(NS(=O)(=O)c2ccc3c(c2)OCCCO3)cc1)C(=O)N1CCNC1=O. The van der Waals surface area contributed by atoms with E-state index < -0.39 is 22.1 Å². The number of benzene rings is 2. The summed E-state index contributed by atoms with van der Waals surface area (Å²) in [7, 11) is -3.84. The number of urea groups is 1. The number of amides is 3. The van der Waals surface area contributed by atoms with Gasteiger partial charge in [-0.25, -0.2) is 13.2 Å². The minimum Gasteiger partial charge on any atom is -0.490 e. The molecule has 3 amide bonds. The number of carbonyl (C=O) groups excluding carboxylic acids is 2. The van der Waals surface area contributed by atoms with Crippen LogP contribution in [0.4, 0.5) is 16.2 Å². The van der Waals surface area contributed by atoms with E-state index in [1.54, 1.807) is 37.3 Å². The summed E-state index contributed by atoms with van der Waals surface area (Å²) in [4.78, 5) is 25.3. The Morgan fingerprint density at radius 1 is 1.06 bits per heavy atom. The maximum absolute atomic E-state index is 12.8. The second kappa shape index (κ2) is 8.95. The van der Waals surface area contributed by atoms with E-state index in [0.717, 1.165) is 11.3 Å². The normalized spacial score (nSPS) is 16.7. The highest BCUT2D eigenvalue weighted by atomic mass is 32.2. The van der Waals surface area contributed by atoms with Gasteiger partial charge in [-0.05, 0) is 43.3 Å². The number of rotatable bonds is 6. The third-order valence-electron chi connectivity index (χ3n) is 5.04. The molecule has 0 spiro atoms. The van der Waals surface area contributed by atoms with Crippen molar-refractivity contribution in [2.75, 3.05) is 36.3 Å². The average Bonchev–Trinajstić information content (AvgIpc) is 3.06. The molecule has 10 nitrogen and oxygen atoms in total. The van der Waals surface area contributed by atoms with Crippen molar-refractivity contribution in [1.82, 2.24) is 10.2 Å². The van der Waals surface area contributed by atoms with Crippen molar-refractivity contribution in [3.05, 3.63) is 42.5 Å². The van der Waals surface area contributed by atoms with E-state index >= 15 is 0 Å². The van der Waals surface area contributed by atoms with Crippen LogP contribution in [0.3, 0.4) is 0 Å². The minimum atomic E-state index is -3.84. The number of ether oxygens (including phenoxy) is 2. The molecule has 0 saturated carbocycles. The van der Waals surface area contributed by atoms with Gasteiger partial charge in [-0.3, -0.25) is 14.4 Å². The lowest BCUT2D eigenvalue weighted by Crippen LogP contribution is -2.43. The number of nitrogens with zero attached hydrogens (tertiary/aromatic N) is 1. The fourth-order valence-corrected chi connectivity index (χ4v) is 4.46. The minimum absolute atomic E-state index is 0.0621. The highest BCUT2D eigenvalue weighted by molar-refractivity contribution is 7.92. The van der Waals surface area contributed by atoms with Gasteiger partial charge in [0, 0.05) is 37.0 Å². The van der Waals surface area contributed by atoms with Gasteiger partial charge in [0.05, 0.1) is 18.1 Å². The van der Waals surface area contributed by atoms with Crippen molar-refractivity contribution in [1.29, 1.82) is 0 Å². The molecule has 11 heteroatoms. The van der Waals surface area contributed by atoms with Gasteiger partial charge in [-0.15, -0.1) is 0 Å². The van der Waals surface area contributed by atoms with Crippen molar-refractivity contribution in [3.63, 3.8) is 0 Å². The number of hydrogen-bond donors (Lipinski definition) is 3. The molecule has 2 aliphatic rings. The zero-order valence-corrected chi connectivity index (χ0v) is 18.3. The van der Waals surface area contributed by atoms with Gasteiger partial charge in [0.25, 0.3) is 15.9 Å². The molecule has 1 saturated heterocycles. The van der Waals surface area contributed by atoms with Crippen LogP contribution in [0.5, 0.6) is 11.5 Å². The average molecular weight is 461 g/mol. The Hall–Kier alpha value is -3.47. The standard InChI is InChI=1S/C21H24N4O6S/c1-14(20(26)25-10-9-22-21(25)27)23-15-3-5-16(6-4-15)24-32(28,29)17-7-8-18-19(13-17)31-12-2-11-30-18/h3-8,13-14,23-24H,2,9-12H2,1H3,(H,22,27). The van der Waals surface area contributed by atoms with E-state index in [9.17, 15) is 18.0 Å². The first kappa shape index (κ1) is 21.8. The van der Waals surface area contributed by atoms with Gasteiger partial charge >= 0.3 is 6.03 Å². The van der Waals surface area contributed by atoms with Gasteiger partial charge in [0.15, 0.2) is 11.5 Å². The second-order valence-electron chi connectivity index (χ2n) is 7.43. The first-order valence-electron chi connectivity index (χ1n) is 10.2. The van der Waals surface area contributed by atoms with Gasteiger partial charge in [0.2, 0.25) is 0 Å². The fraction of sp³-hybridized carbons (Fsp3) is 0.333. The highest BCUT2D eigenvalue weighted by Gasteiger charge is 2.29. The fourth-order valence-electron chi connectivity index (χ4n) is 3.39. The van der Waals surface area contributed by atoms with Crippen molar-refractivity contribution in [2.45, 2.75) is 24.3 Å². The number of imide groups is 1. The summed E-state index contributed by atoms with van der Waals surface area (Å²) in [5.41, 5.74) is 0.976. The van der Waals surface area contributed by atoms with Crippen molar-refractivity contribution in [2.24, 2.45) is 0 Å². The van der Waals surface area contributed by atoms with Crippen molar-refractivity contribution < 1.29 is 27.5 Å². The van der Waals surface area contributed by atoms with Gasteiger partial charge < -0.3 is 20.1 Å². The molecular formula is C21H24N4O6S. The lowest BCUT2D eigenvalue weighted by Gasteiger charge is -2.20. The summed E-state index contributed by atoms with van der Waals surface area (Å²) in [6.45, 7) is 3.42. The van der Waals surface area contributed by atoms with Crippen LogP contribution in [0.2, 0.25) is 0 Å². The molecule has 0 aliphatic carbocycles. The van der Waals surface area contributed by atoms with Crippen LogP contribution in [-0.2, 0) is 14.8 Å².